The van der Waals surface area contributed by atoms with Gasteiger partial charge in [0, 0.05) is 10.5 Å². The minimum atomic E-state index is -0.0983. The fraction of sp³-hybridized carbons (Fsp3) is 0.625. The van der Waals surface area contributed by atoms with Crippen LogP contribution in [0.4, 0.5) is 4.39 Å². The summed E-state index contributed by atoms with van der Waals surface area (Å²) in [6.07, 6.45) is 7.13. The second kappa shape index (κ2) is 6.36. The molecule has 2 rings (SSSR count). The first-order chi connectivity index (χ1) is 9.11. The van der Waals surface area contributed by atoms with Crippen molar-refractivity contribution in [3.63, 3.8) is 0 Å². The molecule has 0 spiro atoms. The molecule has 1 N–H and O–H groups in total. The van der Waals surface area contributed by atoms with Crippen LogP contribution in [0.3, 0.4) is 0 Å². The zero-order valence-corrected chi connectivity index (χ0v) is 13.4. The van der Waals surface area contributed by atoms with E-state index in [1.54, 1.807) is 6.07 Å². The Labute approximate surface area is 124 Å². The van der Waals surface area contributed by atoms with Crippen molar-refractivity contribution in [2.24, 2.45) is 5.41 Å². The number of nitrogens with one attached hydrogen (secondary N) is 1. The topological polar surface area (TPSA) is 12.0 Å². The Morgan fingerprint density at radius 1 is 1.37 bits per heavy atom. The molecule has 0 saturated heterocycles. The Balaban J connectivity index is 2.18. The molecular formula is C16H23BrFN. The molecule has 1 aliphatic carbocycles. The van der Waals surface area contributed by atoms with Gasteiger partial charge in [0.1, 0.15) is 5.82 Å². The van der Waals surface area contributed by atoms with E-state index in [9.17, 15) is 4.39 Å². The lowest BCUT2D eigenvalue weighted by Crippen LogP contribution is -2.43. The van der Waals surface area contributed by atoms with Gasteiger partial charge < -0.3 is 5.32 Å². The fourth-order valence-corrected chi connectivity index (χ4v) is 3.89. The highest BCUT2D eigenvalue weighted by atomic mass is 79.9. The van der Waals surface area contributed by atoms with E-state index in [-0.39, 0.29) is 5.82 Å². The van der Waals surface area contributed by atoms with Gasteiger partial charge >= 0.3 is 0 Å². The molecule has 0 radical (unpaired) electrons. The number of hydrogen-bond acceptors (Lipinski definition) is 1. The van der Waals surface area contributed by atoms with Crippen LogP contribution >= 0.6 is 15.9 Å². The fourth-order valence-electron chi connectivity index (χ4n) is 3.56. The molecule has 0 aromatic heterocycles. The summed E-state index contributed by atoms with van der Waals surface area (Å²) >= 11 is 3.31. The van der Waals surface area contributed by atoms with Gasteiger partial charge in [0.05, 0.1) is 0 Å². The van der Waals surface area contributed by atoms with Crippen molar-refractivity contribution >= 4 is 15.9 Å². The number of benzene rings is 1. The Hall–Kier alpha value is -0.410. The molecule has 0 heterocycles. The van der Waals surface area contributed by atoms with Crippen molar-refractivity contribution in [2.45, 2.75) is 51.5 Å². The molecular weight excluding hydrogens is 305 g/mol. The average Bonchev–Trinajstić information content (AvgIpc) is 2.88. The number of hydrogen-bond donors (Lipinski definition) is 1. The van der Waals surface area contributed by atoms with Gasteiger partial charge in [-0.1, -0.05) is 41.8 Å². The third-order valence-electron chi connectivity index (χ3n) is 4.83. The van der Waals surface area contributed by atoms with E-state index in [2.05, 4.69) is 28.2 Å². The third-order valence-corrected chi connectivity index (χ3v) is 5.32. The largest absolute Gasteiger partial charge is 0.316 e. The molecule has 0 bridgehead atoms. The van der Waals surface area contributed by atoms with E-state index < -0.39 is 0 Å². The van der Waals surface area contributed by atoms with E-state index in [0.29, 0.717) is 11.5 Å². The Kier molecular flexibility index (Phi) is 5.02. The van der Waals surface area contributed by atoms with Gasteiger partial charge in [-0.3, -0.25) is 0 Å². The molecule has 1 fully saturated rings. The minimum absolute atomic E-state index is 0.0983. The monoisotopic (exact) mass is 327 g/mol. The van der Waals surface area contributed by atoms with Crippen molar-refractivity contribution in [3.8, 4) is 0 Å². The molecule has 1 nitrogen and oxygen atoms in total. The molecule has 1 unspecified atom stereocenters. The van der Waals surface area contributed by atoms with Crippen molar-refractivity contribution in [3.05, 3.63) is 34.1 Å². The second-order valence-electron chi connectivity index (χ2n) is 5.70. The first-order valence-corrected chi connectivity index (χ1v) is 8.02. The summed E-state index contributed by atoms with van der Waals surface area (Å²) in [6, 6.07) is 5.77. The molecule has 19 heavy (non-hydrogen) atoms. The number of rotatable bonds is 5. The van der Waals surface area contributed by atoms with Gasteiger partial charge in [-0.2, -0.15) is 0 Å². The zero-order valence-electron chi connectivity index (χ0n) is 11.8. The predicted molar refractivity (Wildman–Crippen MR) is 81.8 cm³/mol. The van der Waals surface area contributed by atoms with Crippen LogP contribution in [-0.2, 0) is 6.42 Å². The van der Waals surface area contributed by atoms with Crippen LogP contribution in [0.5, 0.6) is 0 Å². The van der Waals surface area contributed by atoms with Gasteiger partial charge in [-0.15, -0.1) is 0 Å². The molecule has 3 heteroatoms. The van der Waals surface area contributed by atoms with E-state index in [1.807, 2.05) is 19.2 Å². The van der Waals surface area contributed by atoms with E-state index >= 15 is 0 Å². The lowest BCUT2D eigenvalue weighted by atomic mass is 9.74. The second-order valence-corrected chi connectivity index (χ2v) is 6.62. The minimum Gasteiger partial charge on any atom is -0.316 e. The van der Waals surface area contributed by atoms with Crippen LogP contribution in [0, 0.1) is 11.2 Å². The van der Waals surface area contributed by atoms with Gasteiger partial charge in [0.25, 0.3) is 0 Å². The van der Waals surface area contributed by atoms with Gasteiger partial charge in [-0.05, 0) is 55.8 Å². The normalized spacial score (nSPS) is 19.6. The maximum Gasteiger partial charge on any atom is 0.127 e. The number of likely N-dealkylation sites (N-methyl/N-ethyl adjacent to an activating group) is 1. The predicted octanol–water partition coefficient (Wildman–Crippen LogP) is 4.69. The van der Waals surface area contributed by atoms with Gasteiger partial charge in [0.2, 0.25) is 0 Å². The summed E-state index contributed by atoms with van der Waals surface area (Å²) in [7, 11) is 2.01. The highest BCUT2D eigenvalue weighted by molar-refractivity contribution is 9.10. The quantitative estimate of drug-likeness (QED) is 0.827. The lowest BCUT2D eigenvalue weighted by Gasteiger charge is -2.37. The third kappa shape index (κ3) is 3.19. The average molecular weight is 328 g/mol. The SMILES string of the molecule is CCC1(C(Cc2ccc(Br)cc2F)NC)CCCC1. The van der Waals surface area contributed by atoms with Crippen LogP contribution in [0.2, 0.25) is 0 Å². The Morgan fingerprint density at radius 2 is 2.05 bits per heavy atom. The standard InChI is InChI=1S/C16H23BrFN/c1-3-16(8-4-5-9-16)15(19-2)10-12-6-7-13(17)11-14(12)18/h6-7,11,15,19H,3-5,8-10H2,1-2H3. The van der Waals surface area contributed by atoms with E-state index in [1.165, 1.54) is 32.1 Å². The van der Waals surface area contributed by atoms with Crippen molar-refractivity contribution in [2.75, 3.05) is 7.05 Å². The van der Waals surface area contributed by atoms with Crippen molar-refractivity contribution in [1.29, 1.82) is 0 Å². The van der Waals surface area contributed by atoms with Crippen molar-refractivity contribution < 1.29 is 4.39 Å². The van der Waals surface area contributed by atoms with Crippen LogP contribution in [-0.4, -0.2) is 13.1 Å². The summed E-state index contributed by atoms with van der Waals surface area (Å²) in [5, 5.41) is 3.45. The molecule has 106 valence electrons. The van der Waals surface area contributed by atoms with Gasteiger partial charge in [0.15, 0.2) is 0 Å². The summed E-state index contributed by atoms with van der Waals surface area (Å²) in [6.45, 7) is 2.27. The molecule has 0 amide bonds. The Morgan fingerprint density at radius 3 is 2.58 bits per heavy atom. The maximum atomic E-state index is 14.0. The lowest BCUT2D eigenvalue weighted by molar-refractivity contribution is 0.191. The summed E-state index contributed by atoms with van der Waals surface area (Å²) in [4.78, 5) is 0. The summed E-state index contributed by atoms with van der Waals surface area (Å²) in [5.74, 6) is -0.0983. The highest BCUT2D eigenvalue weighted by Crippen LogP contribution is 2.44. The molecule has 1 aromatic rings. The van der Waals surface area contributed by atoms with Gasteiger partial charge in [-0.25, -0.2) is 4.39 Å². The molecule has 1 atom stereocenters. The first-order valence-electron chi connectivity index (χ1n) is 7.22. The van der Waals surface area contributed by atoms with E-state index in [0.717, 1.165) is 16.5 Å². The number of halogens is 2. The van der Waals surface area contributed by atoms with Crippen LogP contribution in [0.15, 0.2) is 22.7 Å². The Bertz CT molecular complexity index is 427. The van der Waals surface area contributed by atoms with Crippen LogP contribution < -0.4 is 5.32 Å². The van der Waals surface area contributed by atoms with E-state index in [4.69, 9.17) is 0 Å². The molecule has 1 aromatic carbocycles. The molecule has 0 aliphatic heterocycles. The molecule has 1 saturated carbocycles. The molecule has 1 aliphatic rings. The summed E-state index contributed by atoms with van der Waals surface area (Å²) in [5.41, 5.74) is 1.18. The zero-order chi connectivity index (χ0) is 13.9. The van der Waals surface area contributed by atoms with Crippen LogP contribution in [0.1, 0.15) is 44.6 Å². The summed E-state index contributed by atoms with van der Waals surface area (Å²) < 4.78 is 14.8. The maximum absolute atomic E-state index is 14.0. The van der Waals surface area contributed by atoms with Crippen LogP contribution in [0.25, 0.3) is 0 Å². The first kappa shape index (κ1) is 15.0. The smallest absolute Gasteiger partial charge is 0.127 e. The highest BCUT2D eigenvalue weighted by Gasteiger charge is 2.39. The van der Waals surface area contributed by atoms with Crippen molar-refractivity contribution in [1.82, 2.24) is 5.32 Å².